The van der Waals surface area contributed by atoms with Gasteiger partial charge in [-0.15, -0.1) is 0 Å². The lowest BCUT2D eigenvalue weighted by molar-refractivity contribution is -0.138. The zero-order valence-corrected chi connectivity index (χ0v) is 12.8. The fourth-order valence-corrected chi connectivity index (χ4v) is 2.17. The molecule has 2 aromatic carbocycles. The van der Waals surface area contributed by atoms with Crippen LogP contribution in [0, 0.1) is 5.82 Å². The van der Waals surface area contributed by atoms with Crippen molar-refractivity contribution in [3.05, 3.63) is 56.7 Å². The molecule has 0 aliphatic rings. The Balaban J connectivity index is 2.47. The SMILES string of the molecule is Fc1ccc(Br)cc1Oc1cc(Br)ccc1C(F)(F)F. The quantitative estimate of drug-likeness (QED) is 0.535. The van der Waals surface area contributed by atoms with Crippen LogP contribution in [0.5, 0.6) is 11.5 Å². The monoisotopic (exact) mass is 412 g/mol. The Labute approximate surface area is 128 Å². The van der Waals surface area contributed by atoms with Crippen molar-refractivity contribution in [2.45, 2.75) is 6.18 Å². The highest BCUT2D eigenvalue weighted by Gasteiger charge is 2.34. The molecule has 1 nitrogen and oxygen atoms in total. The third-order valence-electron chi connectivity index (χ3n) is 2.36. The molecule has 0 aliphatic carbocycles. The number of alkyl halides is 3. The summed E-state index contributed by atoms with van der Waals surface area (Å²) in [6.07, 6.45) is -4.58. The van der Waals surface area contributed by atoms with Crippen molar-refractivity contribution in [2.75, 3.05) is 0 Å². The normalized spacial score (nSPS) is 11.5. The Morgan fingerprint density at radius 2 is 1.40 bits per heavy atom. The molecule has 20 heavy (non-hydrogen) atoms. The van der Waals surface area contributed by atoms with Crippen molar-refractivity contribution in [3.63, 3.8) is 0 Å². The van der Waals surface area contributed by atoms with Crippen molar-refractivity contribution < 1.29 is 22.3 Å². The molecule has 0 amide bonds. The Bertz CT molecular complexity index is 641. The second-order valence-corrected chi connectivity index (χ2v) is 5.65. The predicted octanol–water partition coefficient (Wildman–Crippen LogP) is 6.16. The summed E-state index contributed by atoms with van der Waals surface area (Å²) < 4.78 is 58.1. The second kappa shape index (κ2) is 5.73. The van der Waals surface area contributed by atoms with Gasteiger partial charge in [-0.25, -0.2) is 4.39 Å². The largest absolute Gasteiger partial charge is 0.454 e. The minimum absolute atomic E-state index is 0.289. The number of benzene rings is 2. The van der Waals surface area contributed by atoms with E-state index >= 15 is 0 Å². The molecule has 0 aromatic heterocycles. The lowest BCUT2D eigenvalue weighted by Crippen LogP contribution is -2.07. The summed E-state index contributed by atoms with van der Waals surface area (Å²) in [5.74, 6) is -1.51. The van der Waals surface area contributed by atoms with Crippen molar-refractivity contribution in [3.8, 4) is 11.5 Å². The third kappa shape index (κ3) is 3.52. The van der Waals surface area contributed by atoms with Crippen LogP contribution in [0.2, 0.25) is 0 Å². The summed E-state index contributed by atoms with van der Waals surface area (Å²) in [5, 5.41) is 0. The minimum atomic E-state index is -4.58. The first-order valence-corrected chi connectivity index (χ1v) is 6.85. The number of hydrogen-bond acceptors (Lipinski definition) is 1. The molecule has 0 fully saturated rings. The summed E-state index contributed by atoms with van der Waals surface area (Å²) in [5.41, 5.74) is -0.972. The van der Waals surface area contributed by atoms with E-state index in [4.69, 9.17) is 4.74 Å². The van der Waals surface area contributed by atoms with Crippen molar-refractivity contribution >= 4 is 31.9 Å². The van der Waals surface area contributed by atoms with Crippen LogP contribution in [0.1, 0.15) is 5.56 Å². The van der Waals surface area contributed by atoms with Crippen LogP contribution >= 0.6 is 31.9 Å². The predicted molar refractivity (Wildman–Crippen MR) is 73.3 cm³/mol. The highest BCUT2D eigenvalue weighted by Crippen LogP contribution is 2.40. The number of halogens is 6. The maximum absolute atomic E-state index is 13.5. The first-order chi connectivity index (χ1) is 9.27. The Kier molecular flexibility index (Phi) is 4.39. The van der Waals surface area contributed by atoms with E-state index in [9.17, 15) is 17.6 Å². The summed E-state index contributed by atoms with van der Waals surface area (Å²) >= 11 is 6.16. The molecule has 0 aliphatic heterocycles. The molecule has 0 N–H and O–H groups in total. The van der Waals surface area contributed by atoms with Crippen LogP contribution in [0.3, 0.4) is 0 Å². The van der Waals surface area contributed by atoms with Gasteiger partial charge in [0.25, 0.3) is 0 Å². The Hall–Kier alpha value is -1.08. The highest BCUT2D eigenvalue weighted by atomic mass is 79.9. The highest BCUT2D eigenvalue weighted by molar-refractivity contribution is 9.10. The van der Waals surface area contributed by atoms with Crippen LogP contribution in [0.25, 0.3) is 0 Å². The molecule has 7 heteroatoms. The van der Waals surface area contributed by atoms with E-state index in [1.165, 1.54) is 18.2 Å². The summed E-state index contributed by atoms with van der Waals surface area (Å²) in [7, 11) is 0. The molecule has 0 spiro atoms. The van der Waals surface area contributed by atoms with Crippen LogP contribution in [0.4, 0.5) is 17.6 Å². The van der Waals surface area contributed by atoms with Gasteiger partial charge in [0.05, 0.1) is 5.56 Å². The summed E-state index contributed by atoms with van der Waals surface area (Å²) in [6.45, 7) is 0. The average molecular weight is 414 g/mol. The number of ether oxygens (including phenoxy) is 1. The molecule has 2 aromatic rings. The van der Waals surface area contributed by atoms with Gasteiger partial charge in [0.15, 0.2) is 11.6 Å². The van der Waals surface area contributed by atoms with E-state index in [0.29, 0.717) is 8.95 Å². The van der Waals surface area contributed by atoms with E-state index in [1.54, 1.807) is 0 Å². The van der Waals surface area contributed by atoms with Crippen molar-refractivity contribution in [1.82, 2.24) is 0 Å². The van der Waals surface area contributed by atoms with Crippen molar-refractivity contribution in [1.29, 1.82) is 0 Å². The molecule has 0 saturated heterocycles. The third-order valence-corrected chi connectivity index (χ3v) is 3.35. The summed E-state index contributed by atoms with van der Waals surface area (Å²) in [6, 6.07) is 7.04. The number of hydrogen-bond donors (Lipinski definition) is 0. The molecule has 0 bridgehead atoms. The maximum atomic E-state index is 13.5. The van der Waals surface area contributed by atoms with Gasteiger partial charge in [-0.05, 0) is 36.4 Å². The van der Waals surface area contributed by atoms with Gasteiger partial charge in [0, 0.05) is 8.95 Å². The van der Waals surface area contributed by atoms with E-state index in [-0.39, 0.29) is 5.75 Å². The molecule has 106 valence electrons. The van der Waals surface area contributed by atoms with E-state index < -0.39 is 23.3 Å². The van der Waals surface area contributed by atoms with E-state index in [0.717, 1.165) is 18.2 Å². The van der Waals surface area contributed by atoms with Gasteiger partial charge >= 0.3 is 6.18 Å². The molecule has 2 rings (SSSR count). The fourth-order valence-electron chi connectivity index (χ4n) is 1.49. The first-order valence-electron chi connectivity index (χ1n) is 5.27. The average Bonchev–Trinajstić information content (AvgIpc) is 2.32. The molecule has 0 saturated carbocycles. The molecule has 0 unspecified atom stereocenters. The molecule has 0 heterocycles. The Morgan fingerprint density at radius 3 is 2.00 bits per heavy atom. The molecule has 0 atom stereocenters. The van der Waals surface area contributed by atoms with Crippen LogP contribution < -0.4 is 4.74 Å². The maximum Gasteiger partial charge on any atom is 0.419 e. The van der Waals surface area contributed by atoms with E-state index in [1.807, 2.05) is 0 Å². The lowest BCUT2D eigenvalue weighted by Gasteiger charge is -2.14. The fraction of sp³-hybridized carbons (Fsp3) is 0.0769. The number of rotatable bonds is 2. The Morgan fingerprint density at radius 1 is 0.850 bits per heavy atom. The van der Waals surface area contributed by atoms with Gasteiger partial charge in [-0.1, -0.05) is 31.9 Å². The van der Waals surface area contributed by atoms with Crippen LogP contribution in [0.15, 0.2) is 45.3 Å². The summed E-state index contributed by atoms with van der Waals surface area (Å²) in [4.78, 5) is 0. The smallest absolute Gasteiger partial charge is 0.419 e. The van der Waals surface area contributed by atoms with Crippen molar-refractivity contribution in [2.24, 2.45) is 0 Å². The van der Waals surface area contributed by atoms with Gasteiger partial charge in [0.2, 0.25) is 0 Å². The van der Waals surface area contributed by atoms with Gasteiger partial charge < -0.3 is 4.74 Å². The first kappa shape index (κ1) is 15.3. The second-order valence-electron chi connectivity index (χ2n) is 3.82. The van der Waals surface area contributed by atoms with Gasteiger partial charge in [-0.2, -0.15) is 13.2 Å². The van der Waals surface area contributed by atoms with Crippen LogP contribution in [-0.2, 0) is 6.18 Å². The standard InChI is InChI=1S/C13H6Br2F4O/c14-7-1-3-9(13(17,18)19)11(5-7)20-12-6-8(15)2-4-10(12)16/h1-6H. The van der Waals surface area contributed by atoms with Gasteiger partial charge in [0.1, 0.15) is 5.75 Å². The molecule has 0 radical (unpaired) electrons. The van der Waals surface area contributed by atoms with Crippen LogP contribution in [-0.4, -0.2) is 0 Å². The zero-order valence-electron chi connectivity index (χ0n) is 9.64. The van der Waals surface area contributed by atoms with E-state index in [2.05, 4.69) is 31.9 Å². The minimum Gasteiger partial charge on any atom is -0.454 e. The molecular weight excluding hydrogens is 408 g/mol. The van der Waals surface area contributed by atoms with Gasteiger partial charge in [-0.3, -0.25) is 0 Å². The lowest BCUT2D eigenvalue weighted by atomic mass is 10.2. The topological polar surface area (TPSA) is 9.23 Å². The molecular formula is C13H6Br2F4O. The zero-order chi connectivity index (χ0) is 14.9.